The number of amides is 2. The molecule has 1 N–H and O–H groups in total. The van der Waals surface area contributed by atoms with Gasteiger partial charge in [-0.05, 0) is 59.2 Å². The maximum atomic E-state index is 12.5. The van der Waals surface area contributed by atoms with Gasteiger partial charge in [0.1, 0.15) is 0 Å². The van der Waals surface area contributed by atoms with Gasteiger partial charge in [-0.2, -0.15) is 0 Å². The topological polar surface area (TPSA) is 49.4 Å². The van der Waals surface area contributed by atoms with Crippen LogP contribution in [0.1, 0.15) is 38.5 Å². The van der Waals surface area contributed by atoms with Crippen molar-refractivity contribution in [1.82, 2.24) is 10.2 Å². The zero-order valence-electron chi connectivity index (χ0n) is 12.9. The summed E-state index contributed by atoms with van der Waals surface area (Å²) < 4.78 is 0. The van der Waals surface area contributed by atoms with Crippen molar-refractivity contribution in [3.63, 3.8) is 0 Å². The molecule has 1 fully saturated rings. The molecule has 3 rings (SSSR count). The third-order valence-electron chi connectivity index (χ3n) is 5.48. The highest BCUT2D eigenvalue weighted by Crippen LogP contribution is 2.60. The molecule has 0 aromatic carbocycles. The summed E-state index contributed by atoms with van der Waals surface area (Å²) in [7, 11) is 4.15. The van der Waals surface area contributed by atoms with E-state index in [0.29, 0.717) is 19.3 Å². The van der Waals surface area contributed by atoms with E-state index in [4.69, 9.17) is 0 Å². The molecule has 2 atom stereocenters. The molecule has 21 heavy (non-hydrogen) atoms. The maximum absolute atomic E-state index is 12.5. The van der Waals surface area contributed by atoms with Crippen LogP contribution in [0.4, 0.5) is 0 Å². The van der Waals surface area contributed by atoms with Gasteiger partial charge in [-0.15, -0.1) is 0 Å². The summed E-state index contributed by atoms with van der Waals surface area (Å²) in [4.78, 5) is 27.1. The normalized spacial score (nSPS) is 34.5. The van der Waals surface area contributed by atoms with E-state index in [1.165, 1.54) is 5.57 Å². The third kappa shape index (κ3) is 2.08. The van der Waals surface area contributed by atoms with Crippen LogP contribution in [0, 0.1) is 10.8 Å². The summed E-state index contributed by atoms with van der Waals surface area (Å²) in [6.07, 6.45) is 11.4. The van der Waals surface area contributed by atoms with E-state index in [9.17, 15) is 9.59 Å². The zero-order valence-corrected chi connectivity index (χ0v) is 12.9. The predicted molar refractivity (Wildman–Crippen MR) is 81.5 cm³/mol. The first kappa shape index (κ1) is 14.5. The fourth-order valence-electron chi connectivity index (χ4n) is 4.21. The van der Waals surface area contributed by atoms with Crippen molar-refractivity contribution >= 4 is 11.8 Å². The Hall–Kier alpha value is -1.42. The van der Waals surface area contributed by atoms with Crippen LogP contribution in [0.2, 0.25) is 0 Å². The van der Waals surface area contributed by atoms with E-state index < -0.39 is 10.8 Å². The predicted octanol–water partition coefficient (Wildman–Crippen LogP) is 2.03. The second-order valence-corrected chi connectivity index (χ2v) is 6.98. The van der Waals surface area contributed by atoms with Crippen LogP contribution in [-0.4, -0.2) is 37.4 Å². The highest BCUT2D eigenvalue weighted by atomic mass is 16.2. The fraction of sp³-hybridized carbons (Fsp3) is 0.647. The number of carbonyl (C=O) groups is 2. The number of carbonyl (C=O) groups excluding carboxylic acids is 2. The summed E-state index contributed by atoms with van der Waals surface area (Å²) in [6, 6.07) is 0. The molecule has 2 amide bonds. The summed E-state index contributed by atoms with van der Waals surface area (Å²) in [5, 5.41) is 2.62. The number of allylic oxidation sites excluding steroid dienone is 4. The molecule has 2 aliphatic carbocycles. The standard InChI is InChI=1S/C17H24N2O2/c1-19(2)11-5-6-13-7-10-16-8-3-4-9-17(16,12-13)15(21)18-14(16)20/h3-4,7H,5-6,8-12H2,1-2H3,(H,18,20,21). The van der Waals surface area contributed by atoms with Crippen LogP contribution in [0.3, 0.4) is 0 Å². The van der Waals surface area contributed by atoms with Crippen molar-refractivity contribution < 1.29 is 9.59 Å². The highest BCUT2D eigenvalue weighted by molar-refractivity contribution is 6.10. The van der Waals surface area contributed by atoms with Crippen molar-refractivity contribution in [2.75, 3.05) is 20.6 Å². The molecule has 4 nitrogen and oxygen atoms in total. The number of rotatable bonds is 4. The molecular formula is C17H24N2O2. The van der Waals surface area contributed by atoms with E-state index in [1.807, 2.05) is 0 Å². The lowest BCUT2D eigenvalue weighted by Crippen LogP contribution is -2.47. The smallest absolute Gasteiger partial charge is 0.234 e. The molecule has 0 bridgehead atoms. The van der Waals surface area contributed by atoms with Gasteiger partial charge in [0.2, 0.25) is 11.8 Å². The second-order valence-electron chi connectivity index (χ2n) is 6.98. The van der Waals surface area contributed by atoms with Crippen LogP contribution in [-0.2, 0) is 9.59 Å². The van der Waals surface area contributed by atoms with Crippen molar-refractivity contribution in [2.45, 2.75) is 38.5 Å². The summed E-state index contributed by atoms with van der Waals surface area (Å²) in [6.45, 7) is 1.06. The molecule has 2 unspecified atom stereocenters. The van der Waals surface area contributed by atoms with Gasteiger partial charge in [-0.3, -0.25) is 14.9 Å². The van der Waals surface area contributed by atoms with E-state index in [1.54, 1.807) is 0 Å². The third-order valence-corrected chi connectivity index (χ3v) is 5.48. The van der Waals surface area contributed by atoms with Crippen molar-refractivity contribution in [3.05, 3.63) is 23.8 Å². The first-order valence-corrected chi connectivity index (χ1v) is 7.84. The number of imide groups is 1. The molecule has 0 saturated carbocycles. The molecule has 114 valence electrons. The number of hydrogen-bond donors (Lipinski definition) is 1. The van der Waals surface area contributed by atoms with Crippen LogP contribution in [0.25, 0.3) is 0 Å². The van der Waals surface area contributed by atoms with E-state index in [0.717, 1.165) is 25.8 Å². The van der Waals surface area contributed by atoms with Gasteiger partial charge < -0.3 is 4.90 Å². The van der Waals surface area contributed by atoms with Gasteiger partial charge >= 0.3 is 0 Å². The molecule has 3 aliphatic rings. The van der Waals surface area contributed by atoms with Crippen molar-refractivity contribution in [2.24, 2.45) is 10.8 Å². The van der Waals surface area contributed by atoms with Gasteiger partial charge in [0.05, 0.1) is 10.8 Å². The molecule has 1 saturated heterocycles. The number of hydrogen-bond acceptors (Lipinski definition) is 3. The van der Waals surface area contributed by atoms with Crippen LogP contribution in [0.15, 0.2) is 23.8 Å². The monoisotopic (exact) mass is 288 g/mol. The molecule has 4 heteroatoms. The van der Waals surface area contributed by atoms with Gasteiger partial charge in [0, 0.05) is 0 Å². The SMILES string of the molecule is CN(C)CCCC1=CCC23CC=CCC2(C1)C(=O)NC3=O. The quantitative estimate of drug-likeness (QED) is 0.636. The molecular weight excluding hydrogens is 264 g/mol. The fourth-order valence-corrected chi connectivity index (χ4v) is 4.21. The minimum Gasteiger partial charge on any atom is -0.309 e. The molecule has 0 radical (unpaired) electrons. The Morgan fingerprint density at radius 3 is 2.48 bits per heavy atom. The summed E-state index contributed by atoms with van der Waals surface area (Å²) in [5.41, 5.74) is 0.331. The van der Waals surface area contributed by atoms with Crippen LogP contribution >= 0.6 is 0 Å². The van der Waals surface area contributed by atoms with Crippen molar-refractivity contribution in [3.8, 4) is 0 Å². The van der Waals surface area contributed by atoms with Crippen LogP contribution in [0.5, 0.6) is 0 Å². The average Bonchev–Trinajstić information content (AvgIpc) is 2.67. The lowest BCUT2D eigenvalue weighted by Gasteiger charge is -2.46. The lowest BCUT2D eigenvalue weighted by atomic mass is 9.53. The molecule has 1 heterocycles. The molecule has 1 aliphatic heterocycles. The minimum atomic E-state index is -0.513. The lowest BCUT2D eigenvalue weighted by molar-refractivity contribution is -0.136. The maximum Gasteiger partial charge on any atom is 0.234 e. The van der Waals surface area contributed by atoms with Gasteiger partial charge in [-0.1, -0.05) is 23.8 Å². The zero-order chi connectivity index (χ0) is 15.1. The van der Waals surface area contributed by atoms with Gasteiger partial charge in [0.25, 0.3) is 0 Å². The molecule has 0 aromatic rings. The Balaban J connectivity index is 1.83. The van der Waals surface area contributed by atoms with E-state index in [-0.39, 0.29) is 11.8 Å². The Kier molecular flexibility index (Phi) is 3.52. The largest absolute Gasteiger partial charge is 0.309 e. The molecule has 0 aromatic heterocycles. The summed E-state index contributed by atoms with van der Waals surface area (Å²) >= 11 is 0. The van der Waals surface area contributed by atoms with Crippen molar-refractivity contribution in [1.29, 1.82) is 0 Å². The highest BCUT2D eigenvalue weighted by Gasteiger charge is 2.66. The number of nitrogens with zero attached hydrogens (tertiary/aromatic N) is 1. The van der Waals surface area contributed by atoms with E-state index >= 15 is 0 Å². The Labute approximate surface area is 126 Å². The summed E-state index contributed by atoms with van der Waals surface area (Å²) in [5.74, 6) is -0.101. The Bertz CT molecular complexity index is 535. The Morgan fingerprint density at radius 2 is 1.76 bits per heavy atom. The van der Waals surface area contributed by atoms with Gasteiger partial charge in [0.15, 0.2) is 0 Å². The Morgan fingerprint density at radius 1 is 1.10 bits per heavy atom. The minimum absolute atomic E-state index is 0.0462. The molecule has 0 spiro atoms. The van der Waals surface area contributed by atoms with E-state index in [2.05, 4.69) is 42.5 Å². The van der Waals surface area contributed by atoms with Crippen LogP contribution < -0.4 is 5.32 Å². The average molecular weight is 288 g/mol. The van der Waals surface area contributed by atoms with Gasteiger partial charge in [-0.25, -0.2) is 0 Å². The second kappa shape index (κ2) is 5.09. The first-order valence-electron chi connectivity index (χ1n) is 7.84. The first-order chi connectivity index (χ1) is 10.0. The number of nitrogens with one attached hydrogen (secondary N) is 1.